The Balaban J connectivity index is 1.78. The Morgan fingerprint density at radius 3 is 2.05 bits per heavy atom. The Labute approximate surface area is 240 Å². The van der Waals surface area contributed by atoms with E-state index in [1.165, 1.54) is 36.2 Å². The highest BCUT2D eigenvalue weighted by molar-refractivity contribution is 7.92. The molecular weight excluding hydrogens is 541 g/mol. The molecule has 0 radical (unpaired) electrons. The van der Waals surface area contributed by atoms with Crippen LogP contribution in [0.25, 0.3) is 0 Å². The molecule has 0 saturated carbocycles. The maximum absolute atomic E-state index is 14.2. The molecule has 4 aromatic rings. The molecule has 1 N–H and O–H groups in total. The first-order valence-corrected chi connectivity index (χ1v) is 14.6. The van der Waals surface area contributed by atoms with Gasteiger partial charge in [0, 0.05) is 20.0 Å². The molecule has 2 amide bonds. The number of hydrogen-bond donors (Lipinski definition) is 1. The quantitative estimate of drug-likeness (QED) is 0.282. The average Bonchev–Trinajstić information content (AvgIpc) is 2.98. The summed E-state index contributed by atoms with van der Waals surface area (Å²) in [5, 5.41) is 2.66. The second kappa shape index (κ2) is 13.2. The van der Waals surface area contributed by atoms with E-state index in [-0.39, 0.29) is 29.5 Å². The van der Waals surface area contributed by atoms with Crippen LogP contribution in [0.15, 0.2) is 114 Å². The molecule has 212 valence electrons. The van der Waals surface area contributed by atoms with Crippen LogP contribution >= 0.6 is 0 Å². The number of nitrogens with one attached hydrogen (secondary N) is 1. The van der Waals surface area contributed by atoms with Crippen LogP contribution in [0.5, 0.6) is 0 Å². The Kier molecular flexibility index (Phi) is 9.52. The molecule has 0 aliphatic rings. The number of aryl methyl sites for hydroxylation is 1. The van der Waals surface area contributed by atoms with E-state index in [0.29, 0.717) is 0 Å². The van der Waals surface area contributed by atoms with Gasteiger partial charge in [0.25, 0.3) is 10.0 Å². The van der Waals surface area contributed by atoms with Crippen molar-refractivity contribution in [2.75, 3.05) is 17.9 Å². The van der Waals surface area contributed by atoms with Crippen LogP contribution in [-0.4, -0.2) is 44.8 Å². The third kappa shape index (κ3) is 7.37. The molecule has 0 aromatic heterocycles. The van der Waals surface area contributed by atoms with Gasteiger partial charge < -0.3 is 10.2 Å². The summed E-state index contributed by atoms with van der Waals surface area (Å²) in [5.74, 6) is -1.50. The minimum absolute atomic E-state index is 0.0190. The molecule has 41 heavy (non-hydrogen) atoms. The summed E-state index contributed by atoms with van der Waals surface area (Å²) in [5.41, 5.74) is 2.74. The first-order valence-electron chi connectivity index (χ1n) is 13.1. The largest absolute Gasteiger partial charge is 0.357 e. The Bertz CT molecular complexity index is 1580. The molecule has 1 unspecified atom stereocenters. The maximum Gasteiger partial charge on any atom is 0.264 e. The summed E-state index contributed by atoms with van der Waals surface area (Å²) in [7, 11) is -2.72. The molecule has 0 aliphatic heterocycles. The lowest BCUT2D eigenvalue weighted by atomic mass is 10.0. The Hall–Kier alpha value is -4.50. The number of rotatable bonds is 11. The van der Waals surface area contributed by atoms with E-state index >= 15 is 0 Å². The molecule has 4 aromatic carbocycles. The SMILES string of the molecule is CNC(=O)C(Cc1ccccc1)N(Cc1cccc(C)c1)C(=O)CN(c1ccc(F)cc1)S(=O)(=O)c1ccccc1. The highest BCUT2D eigenvalue weighted by atomic mass is 32.2. The van der Waals surface area contributed by atoms with Crippen molar-refractivity contribution >= 4 is 27.5 Å². The van der Waals surface area contributed by atoms with E-state index in [2.05, 4.69) is 5.32 Å². The molecule has 0 saturated heterocycles. The molecule has 7 nitrogen and oxygen atoms in total. The van der Waals surface area contributed by atoms with Gasteiger partial charge in [0.15, 0.2) is 0 Å². The predicted molar refractivity (Wildman–Crippen MR) is 157 cm³/mol. The second-order valence-corrected chi connectivity index (χ2v) is 11.5. The van der Waals surface area contributed by atoms with Gasteiger partial charge in [0.05, 0.1) is 10.6 Å². The molecule has 0 fully saturated rings. The number of anilines is 1. The predicted octanol–water partition coefficient (Wildman–Crippen LogP) is 4.72. The van der Waals surface area contributed by atoms with Gasteiger partial charge in [-0.1, -0.05) is 78.4 Å². The fourth-order valence-corrected chi connectivity index (χ4v) is 6.02. The Morgan fingerprint density at radius 2 is 1.44 bits per heavy atom. The highest BCUT2D eigenvalue weighted by Gasteiger charge is 2.34. The van der Waals surface area contributed by atoms with Crippen molar-refractivity contribution in [1.82, 2.24) is 10.2 Å². The number of benzene rings is 4. The number of amides is 2. The number of halogens is 1. The van der Waals surface area contributed by atoms with Crippen LogP contribution < -0.4 is 9.62 Å². The first-order chi connectivity index (χ1) is 19.7. The zero-order valence-corrected chi connectivity index (χ0v) is 23.7. The summed E-state index contributed by atoms with van der Waals surface area (Å²) in [6.07, 6.45) is 0.222. The summed E-state index contributed by atoms with van der Waals surface area (Å²) in [6.45, 7) is 1.41. The smallest absolute Gasteiger partial charge is 0.264 e. The molecule has 0 aliphatic carbocycles. The maximum atomic E-state index is 14.2. The standard InChI is InChI=1S/C32H32FN3O4S/c1-24-10-9-13-26(20-24)22-35(30(32(38)34-2)21-25-11-5-3-6-12-25)31(37)23-36(28-18-16-27(33)17-19-28)41(39,40)29-14-7-4-8-15-29/h3-20,30H,21-23H2,1-2H3,(H,34,38). The van der Waals surface area contributed by atoms with Crippen molar-refractivity contribution < 1.29 is 22.4 Å². The minimum atomic E-state index is -4.22. The third-order valence-corrected chi connectivity index (χ3v) is 8.47. The zero-order chi connectivity index (χ0) is 29.4. The van der Waals surface area contributed by atoms with E-state index in [0.717, 1.165) is 33.1 Å². The van der Waals surface area contributed by atoms with Gasteiger partial charge in [0.1, 0.15) is 18.4 Å². The van der Waals surface area contributed by atoms with Crippen molar-refractivity contribution in [2.45, 2.75) is 30.8 Å². The lowest BCUT2D eigenvalue weighted by Gasteiger charge is -2.33. The highest BCUT2D eigenvalue weighted by Crippen LogP contribution is 2.25. The molecule has 4 rings (SSSR count). The van der Waals surface area contributed by atoms with E-state index in [1.807, 2.05) is 61.5 Å². The number of nitrogens with zero attached hydrogens (tertiary/aromatic N) is 2. The van der Waals surface area contributed by atoms with Gasteiger partial charge in [0.2, 0.25) is 11.8 Å². The normalized spacial score (nSPS) is 11.9. The summed E-state index contributed by atoms with van der Waals surface area (Å²) < 4.78 is 42.4. The average molecular weight is 574 g/mol. The van der Waals surface area contributed by atoms with Gasteiger partial charge in [-0.25, -0.2) is 12.8 Å². The van der Waals surface area contributed by atoms with Crippen LogP contribution in [0.3, 0.4) is 0 Å². The topological polar surface area (TPSA) is 86.8 Å². The fourth-order valence-electron chi connectivity index (χ4n) is 4.58. The summed E-state index contributed by atoms with van der Waals surface area (Å²) in [6, 6.07) is 28.6. The number of hydrogen-bond acceptors (Lipinski definition) is 4. The molecule has 9 heteroatoms. The molecule has 1 atom stereocenters. The van der Waals surface area contributed by atoms with Crippen molar-refractivity contribution in [3.63, 3.8) is 0 Å². The fraction of sp³-hybridized carbons (Fsp3) is 0.188. The van der Waals surface area contributed by atoms with Crippen molar-refractivity contribution in [1.29, 1.82) is 0 Å². The van der Waals surface area contributed by atoms with Crippen LogP contribution in [-0.2, 0) is 32.6 Å². The molecule has 0 heterocycles. The summed E-state index contributed by atoms with van der Waals surface area (Å²) >= 11 is 0. The van der Waals surface area contributed by atoms with E-state index < -0.39 is 34.3 Å². The van der Waals surface area contributed by atoms with Gasteiger partial charge in [-0.15, -0.1) is 0 Å². The zero-order valence-electron chi connectivity index (χ0n) is 22.9. The third-order valence-electron chi connectivity index (χ3n) is 6.68. The first kappa shape index (κ1) is 29.5. The van der Waals surface area contributed by atoms with E-state index in [1.54, 1.807) is 18.2 Å². The van der Waals surface area contributed by atoms with Crippen LogP contribution in [0, 0.1) is 12.7 Å². The van der Waals surface area contributed by atoms with Gasteiger partial charge >= 0.3 is 0 Å². The Morgan fingerprint density at radius 1 is 0.829 bits per heavy atom. The van der Waals surface area contributed by atoms with Crippen molar-refractivity contribution in [3.05, 3.63) is 132 Å². The van der Waals surface area contributed by atoms with Gasteiger partial charge in [-0.05, 0) is 54.4 Å². The lowest BCUT2D eigenvalue weighted by molar-refractivity contribution is -0.139. The molecule has 0 bridgehead atoms. The number of sulfonamides is 1. The number of carbonyl (C=O) groups excluding carboxylic acids is 2. The lowest BCUT2D eigenvalue weighted by Crippen LogP contribution is -2.53. The van der Waals surface area contributed by atoms with Crippen LogP contribution in [0.2, 0.25) is 0 Å². The van der Waals surface area contributed by atoms with E-state index in [9.17, 15) is 22.4 Å². The number of carbonyl (C=O) groups is 2. The molecular formula is C32H32FN3O4S. The molecule has 0 spiro atoms. The van der Waals surface area contributed by atoms with Crippen LogP contribution in [0.1, 0.15) is 16.7 Å². The van der Waals surface area contributed by atoms with Gasteiger partial charge in [-0.2, -0.15) is 0 Å². The monoisotopic (exact) mass is 573 g/mol. The van der Waals surface area contributed by atoms with Gasteiger partial charge in [-0.3, -0.25) is 13.9 Å². The second-order valence-electron chi connectivity index (χ2n) is 9.63. The number of likely N-dealkylation sites (N-methyl/N-ethyl adjacent to an activating group) is 1. The minimum Gasteiger partial charge on any atom is -0.357 e. The van der Waals surface area contributed by atoms with Crippen molar-refractivity contribution in [2.24, 2.45) is 0 Å². The van der Waals surface area contributed by atoms with Crippen LogP contribution in [0.4, 0.5) is 10.1 Å². The van der Waals surface area contributed by atoms with Crippen molar-refractivity contribution in [3.8, 4) is 0 Å². The van der Waals surface area contributed by atoms with E-state index in [4.69, 9.17) is 0 Å². The summed E-state index contributed by atoms with van der Waals surface area (Å²) in [4.78, 5) is 28.8.